The second kappa shape index (κ2) is 11.0. The van der Waals surface area contributed by atoms with Gasteiger partial charge >= 0.3 is 4.87 Å². The monoisotopic (exact) mass is 649 g/mol. The van der Waals surface area contributed by atoms with E-state index in [0.29, 0.717) is 27.0 Å². The molecule has 0 spiro atoms. The minimum Gasteiger partial charge on any atom is -0.497 e. The Bertz CT molecular complexity index is 1720. The standard InChI is InChI=1S/C30H24BrN3O5S2/c1-16-3-9-19(10-4-16)32-22(35)15-33-29-26(41-30(33)38)23(17-5-13-21(39-2)14-6-17)24-25(40-29)28(37)34(27(24)36)20-11-7-18(31)8-12-20/h3-14,23-25H,15H2,1-2H3,(H,32,35). The molecular weight excluding hydrogens is 626 g/mol. The highest BCUT2D eigenvalue weighted by atomic mass is 79.9. The van der Waals surface area contributed by atoms with Crippen LogP contribution in [0.3, 0.4) is 0 Å². The molecule has 1 saturated heterocycles. The fourth-order valence-corrected chi connectivity index (χ4v) is 8.29. The van der Waals surface area contributed by atoms with Gasteiger partial charge in [-0.25, -0.2) is 4.90 Å². The third-order valence-electron chi connectivity index (χ3n) is 7.25. The zero-order valence-corrected chi connectivity index (χ0v) is 25.2. The van der Waals surface area contributed by atoms with Gasteiger partial charge in [-0.3, -0.25) is 23.7 Å². The summed E-state index contributed by atoms with van der Waals surface area (Å²) in [6.07, 6.45) is 0. The number of fused-ring (bicyclic) bond motifs is 2. The molecule has 8 nitrogen and oxygen atoms in total. The molecule has 3 unspecified atom stereocenters. The number of nitrogens with zero attached hydrogens (tertiary/aromatic N) is 2. The van der Waals surface area contributed by atoms with Crippen molar-refractivity contribution in [3.05, 3.63) is 103 Å². The van der Waals surface area contributed by atoms with Crippen molar-refractivity contribution in [2.45, 2.75) is 29.7 Å². The van der Waals surface area contributed by atoms with Crippen molar-refractivity contribution in [1.29, 1.82) is 0 Å². The van der Waals surface area contributed by atoms with Gasteiger partial charge in [0.05, 0.1) is 23.7 Å². The maximum atomic E-state index is 14.0. The zero-order chi connectivity index (χ0) is 28.8. The minimum absolute atomic E-state index is 0.211. The maximum absolute atomic E-state index is 14.0. The molecule has 3 amide bonds. The number of aryl methyl sites for hydroxylation is 1. The van der Waals surface area contributed by atoms with Crippen LogP contribution in [0.25, 0.3) is 0 Å². The summed E-state index contributed by atoms with van der Waals surface area (Å²) in [5, 5.41) is 2.63. The minimum atomic E-state index is -0.758. The molecule has 2 aliphatic rings. The van der Waals surface area contributed by atoms with E-state index in [-0.39, 0.29) is 29.1 Å². The quantitative estimate of drug-likeness (QED) is 0.280. The molecule has 208 valence electrons. The molecular formula is C30H24BrN3O5S2. The molecule has 0 bridgehead atoms. The number of thioether (sulfide) groups is 1. The predicted molar refractivity (Wildman–Crippen MR) is 163 cm³/mol. The SMILES string of the molecule is COc1ccc(C2c3sc(=O)n(CC(=O)Nc4ccc(C)cc4)c3SC3C(=O)N(c4ccc(Br)cc4)C(=O)C32)cc1. The Labute approximate surface area is 252 Å². The highest BCUT2D eigenvalue weighted by molar-refractivity contribution is 9.10. The lowest BCUT2D eigenvalue weighted by molar-refractivity contribution is -0.122. The lowest BCUT2D eigenvalue weighted by Crippen LogP contribution is -2.33. The summed E-state index contributed by atoms with van der Waals surface area (Å²) in [7, 11) is 1.57. The number of ether oxygens (including phenoxy) is 1. The number of methoxy groups -OCH3 is 1. The Morgan fingerprint density at radius 3 is 2.29 bits per heavy atom. The maximum Gasteiger partial charge on any atom is 0.308 e. The largest absolute Gasteiger partial charge is 0.497 e. The van der Waals surface area contributed by atoms with Crippen LogP contribution in [0.1, 0.15) is 21.9 Å². The Balaban J connectivity index is 1.40. The van der Waals surface area contributed by atoms with Crippen molar-refractivity contribution in [2.75, 3.05) is 17.3 Å². The summed E-state index contributed by atoms with van der Waals surface area (Å²) >= 11 is 5.61. The van der Waals surface area contributed by atoms with Gasteiger partial charge in [0.25, 0.3) is 0 Å². The lowest BCUT2D eigenvalue weighted by atomic mass is 9.83. The molecule has 41 heavy (non-hydrogen) atoms. The van der Waals surface area contributed by atoms with Crippen LogP contribution in [-0.2, 0) is 20.9 Å². The number of hydrogen-bond acceptors (Lipinski definition) is 7. The summed E-state index contributed by atoms with van der Waals surface area (Å²) < 4.78 is 7.57. The highest BCUT2D eigenvalue weighted by Gasteiger charge is 2.56. The summed E-state index contributed by atoms with van der Waals surface area (Å²) in [4.78, 5) is 55.7. The van der Waals surface area contributed by atoms with Crippen LogP contribution in [-0.4, -0.2) is 34.6 Å². The van der Waals surface area contributed by atoms with E-state index >= 15 is 0 Å². The number of carbonyl (C=O) groups is 3. The summed E-state index contributed by atoms with van der Waals surface area (Å²) in [6.45, 7) is 1.75. The van der Waals surface area contributed by atoms with E-state index in [1.54, 1.807) is 55.6 Å². The van der Waals surface area contributed by atoms with E-state index < -0.39 is 17.1 Å². The summed E-state index contributed by atoms with van der Waals surface area (Å²) in [6, 6.07) is 21.7. The third-order valence-corrected chi connectivity index (χ3v) is 10.4. The average Bonchev–Trinajstić information content (AvgIpc) is 3.41. The predicted octanol–water partition coefficient (Wildman–Crippen LogP) is 5.42. The van der Waals surface area contributed by atoms with Gasteiger partial charge in [-0.1, -0.05) is 68.9 Å². The number of imide groups is 1. The van der Waals surface area contributed by atoms with Crippen LogP contribution in [0.4, 0.5) is 11.4 Å². The molecule has 2 aliphatic heterocycles. The van der Waals surface area contributed by atoms with E-state index in [4.69, 9.17) is 4.74 Å². The van der Waals surface area contributed by atoms with Gasteiger partial charge in [0, 0.05) is 21.0 Å². The number of nitrogens with one attached hydrogen (secondary N) is 1. The molecule has 0 aliphatic carbocycles. The van der Waals surface area contributed by atoms with Gasteiger partial charge in [0.2, 0.25) is 17.7 Å². The Hall–Kier alpha value is -3.67. The molecule has 1 aromatic heterocycles. The van der Waals surface area contributed by atoms with Gasteiger partial charge in [-0.15, -0.1) is 0 Å². The van der Waals surface area contributed by atoms with E-state index in [9.17, 15) is 19.2 Å². The molecule has 3 atom stereocenters. The van der Waals surface area contributed by atoms with Gasteiger partial charge in [-0.05, 0) is 61.0 Å². The van der Waals surface area contributed by atoms with E-state index in [0.717, 1.165) is 26.9 Å². The Morgan fingerprint density at radius 1 is 0.951 bits per heavy atom. The van der Waals surface area contributed by atoms with Crippen LogP contribution in [0, 0.1) is 12.8 Å². The fraction of sp³-hybridized carbons (Fsp3) is 0.200. The molecule has 3 heterocycles. The fourth-order valence-electron chi connectivity index (χ4n) is 5.25. The number of thiazole rings is 1. The van der Waals surface area contributed by atoms with Crippen LogP contribution in [0.15, 0.2) is 87.1 Å². The summed E-state index contributed by atoms with van der Waals surface area (Å²) in [5.41, 5.74) is 2.97. The van der Waals surface area contributed by atoms with Crippen LogP contribution in [0.5, 0.6) is 5.75 Å². The molecule has 0 saturated carbocycles. The molecule has 4 aromatic rings. The second-order valence-corrected chi connectivity index (χ2v) is 12.9. The van der Waals surface area contributed by atoms with Crippen LogP contribution < -0.4 is 19.8 Å². The van der Waals surface area contributed by atoms with Gasteiger partial charge < -0.3 is 10.1 Å². The first kappa shape index (κ1) is 27.5. The van der Waals surface area contributed by atoms with Gasteiger partial charge in [0.15, 0.2) is 0 Å². The molecule has 11 heteroatoms. The Morgan fingerprint density at radius 2 is 1.63 bits per heavy atom. The van der Waals surface area contributed by atoms with Crippen molar-refractivity contribution in [1.82, 2.24) is 4.57 Å². The number of carbonyl (C=O) groups excluding carboxylic acids is 3. The number of hydrogen-bond donors (Lipinski definition) is 1. The topological polar surface area (TPSA) is 97.7 Å². The Kier molecular flexibility index (Phi) is 7.35. The molecule has 0 radical (unpaired) electrons. The van der Waals surface area contributed by atoms with E-state index in [1.165, 1.54) is 21.2 Å². The van der Waals surface area contributed by atoms with Gasteiger partial charge in [-0.2, -0.15) is 0 Å². The third kappa shape index (κ3) is 5.02. The number of amides is 3. The number of aromatic nitrogens is 1. The van der Waals surface area contributed by atoms with Gasteiger partial charge in [0.1, 0.15) is 17.5 Å². The second-order valence-electron chi connectivity index (χ2n) is 9.84. The molecule has 1 N–H and O–H groups in total. The van der Waals surface area contributed by atoms with Crippen molar-refractivity contribution in [3.63, 3.8) is 0 Å². The average molecular weight is 651 g/mol. The smallest absolute Gasteiger partial charge is 0.308 e. The zero-order valence-electron chi connectivity index (χ0n) is 22.0. The van der Waals surface area contributed by atoms with Crippen molar-refractivity contribution in [2.24, 2.45) is 5.92 Å². The number of anilines is 2. The molecule has 3 aromatic carbocycles. The first-order valence-electron chi connectivity index (χ1n) is 12.8. The van der Waals surface area contributed by atoms with Crippen LogP contribution in [0.2, 0.25) is 0 Å². The number of rotatable bonds is 6. The summed E-state index contributed by atoms with van der Waals surface area (Å²) in [5.74, 6) is -1.62. The normalized spacial score (nSPS) is 19.6. The van der Waals surface area contributed by atoms with E-state index in [2.05, 4.69) is 21.2 Å². The number of benzene rings is 3. The first-order chi connectivity index (χ1) is 19.7. The number of halogens is 1. The van der Waals surface area contributed by atoms with E-state index in [1.807, 2.05) is 31.2 Å². The molecule has 1 fully saturated rings. The van der Waals surface area contributed by atoms with Crippen LogP contribution >= 0.6 is 39.0 Å². The first-order valence-corrected chi connectivity index (χ1v) is 15.3. The molecule has 6 rings (SSSR count). The lowest BCUT2D eigenvalue weighted by Gasteiger charge is -2.30. The van der Waals surface area contributed by atoms with Crippen molar-refractivity contribution >= 4 is 68.1 Å². The van der Waals surface area contributed by atoms with Crippen molar-refractivity contribution < 1.29 is 19.1 Å². The van der Waals surface area contributed by atoms with Crippen molar-refractivity contribution in [3.8, 4) is 5.75 Å². The highest BCUT2D eigenvalue weighted by Crippen LogP contribution is 2.54.